The van der Waals surface area contributed by atoms with Crippen molar-refractivity contribution in [1.29, 1.82) is 0 Å². The van der Waals surface area contributed by atoms with E-state index in [1.807, 2.05) is 6.92 Å². The summed E-state index contributed by atoms with van der Waals surface area (Å²) in [5.74, 6) is 0.794. The maximum Gasteiger partial charge on any atom is 0.202 e. The number of nitrogens with one attached hydrogen (secondary N) is 1. The molecular weight excluding hydrogens is 234 g/mol. The third kappa shape index (κ3) is 4.24. The van der Waals surface area contributed by atoms with Gasteiger partial charge < -0.3 is 10.1 Å². The molecule has 1 aromatic heterocycles. The van der Waals surface area contributed by atoms with Crippen LogP contribution < -0.4 is 5.32 Å². The Bertz CT molecular complexity index is 333. The lowest BCUT2D eigenvalue weighted by Gasteiger charge is -2.27. The van der Waals surface area contributed by atoms with Crippen molar-refractivity contribution in [3.63, 3.8) is 0 Å². The molecule has 5 heteroatoms. The van der Waals surface area contributed by atoms with Crippen LogP contribution in [0.25, 0.3) is 0 Å². The average Bonchev–Trinajstić information content (AvgIpc) is 2.69. The van der Waals surface area contributed by atoms with Crippen molar-refractivity contribution in [2.24, 2.45) is 5.41 Å². The van der Waals surface area contributed by atoms with Gasteiger partial charge in [0, 0.05) is 24.7 Å². The Labute approximate surface area is 108 Å². The molecule has 98 valence electrons. The van der Waals surface area contributed by atoms with Gasteiger partial charge >= 0.3 is 0 Å². The average molecular weight is 257 g/mol. The Kier molecular flexibility index (Phi) is 5.33. The van der Waals surface area contributed by atoms with Gasteiger partial charge in [-0.1, -0.05) is 27.7 Å². The molecule has 0 aliphatic heterocycles. The third-order valence-electron chi connectivity index (χ3n) is 2.32. The highest BCUT2D eigenvalue weighted by molar-refractivity contribution is 7.09. The van der Waals surface area contributed by atoms with Gasteiger partial charge in [0.05, 0.1) is 0 Å². The molecule has 0 saturated carbocycles. The fourth-order valence-electron chi connectivity index (χ4n) is 1.52. The van der Waals surface area contributed by atoms with E-state index in [4.69, 9.17) is 4.74 Å². The molecule has 0 fully saturated rings. The first-order valence-corrected chi connectivity index (χ1v) is 6.95. The van der Waals surface area contributed by atoms with E-state index in [1.165, 1.54) is 11.5 Å². The summed E-state index contributed by atoms with van der Waals surface area (Å²) >= 11 is 1.41. The number of ether oxygens (including phenoxy) is 1. The second kappa shape index (κ2) is 6.31. The molecule has 0 aliphatic rings. The van der Waals surface area contributed by atoms with Gasteiger partial charge in [0.15, 0.2) is 5.82 Å². The second-order valence-corrected chi connectivity index (χ2v) is 5.84. The number of hydrogen-bond donors (Lipinski definition) is 1. The van der Waals surface area contributed by atoms with E-state index >= 15 is 0 Å². The van der Waals surface area contributed by atoms with Gasteiger partial charge in [-0.05, 0) is 18.8 Å². The summed E-state index contributed by atoms with van der Waals surface area (Å²) in [5, 5.41) is 4.14. The lowest BCUT2D eigenvalue weighted by molar-refractivity contribution is -0.0183. The minimum absolute atomic E-state index is 0.0130. The molecule has 0 spiro atoms. The normalized spacial score (nSPS) is 13.7. The van der Waals surface area contributed by atoms with Crippen LogP contribution in [-0.2, 0) is 4.74 Å². The van der Waals surface area contributed by atoms with E-state index in [0.29, 0.717) is 6.61 Å². The van der Waals surface area contributed by atoms with Crippen molar-refractivity contribution in [3.8, 4) is 0 Å². The molecule has 0 saturated heterocycles. The highest BCUT2D eigenvalue weighted by atomic mass is 32.1. The number of hydrogen-bond acceptors (Lipinski definition) is 5. The molecule has 0 aliphatic carbocycles. The van der Waals surface area contributed by atoms with Crippen molar-refractivity contribution in [2.75, 3.05) is 18.5 Å². The molecule has 1 aromatic rings. The topological polar surface area (TPSA) is 47.0 Å². The molecule has 0 aromatic carbocycles. The van der Waals surface area contributed by atoms with Gasteiger partial charge in [-0.3, -0.25) is 0 Å². The van der Waals surface area contributed by atoms with Crippen molar-refractivity contribution < 1.29 is 4.74 Å². The first-order valence-electron chi connectivity index (χ1n) is 6.18. The summed E-state index contributed by atoms with van der Waals surface area (Å²) in [6, 6.07) is 0. The standard InChI is InChI=1S/C12H23N3OS/c1-6-8-13-11-14-10(15-17-11)9(16-7-2)12(3,4)5/h9H,6-8H2,1-5H3,(H,13,14,15). The fraction of sp³-hybridized carbons (Fsp3) is 0.833. The van der Waals surface area contributed by atoms with E-state index in [2.05, 4.69) is 42.4 Å². The van der Waals surface area contributed by atoms with E-state index in [9.17, 15) is 0 Å². The Morgan fingerprint density at radius 3 is 2.59 bits per heavy atom. The molecule has 1 rings (SSSR count). The number of anilines is 1. The van der Waals surface area contributed by atoms with Gasteiger partial charge in [-0.15, -0.1) is 0 Å². The smallest absolute Gasteiger partial charge is 0.202 e. The molecular formula is C12H23N3OS. The zero-order valence-electron chi connectivity index (χ0n) is 11.4. The molecule has 0 bridgehead atoms. The summed E-state index contributed by atoms with van der Waals surface area (Å²) in [5.41, 5.74) is 0.0130. The maximum absolute atomic E-state index is 5.76. The van der Waals surface area contributed by atoms with Gasteiger partial charge in [0.25, 0.3) is 0 Å². The molecule has 0 radical (unpaired) electrons. The van der Waals surface area contributed by atoms with E-state index in [1.54, 1.807) is 0 Å². The summed E-state index contributed by atoms with van der Waals surface area (Å²) in [4.78, 5) is 4.50. The van der Waals surface area contributed by atoms with E-state index < -0.39 is 0 Å². The van der Waals surface area contributed by atoms with Gasteiger partial charge in [-0.2, -0.15) is 4.37 Å². The monoisotopic (exact) mass is 257 g/mol. The molecule has 1 atom stereocenters. The first kappa shape index (κ1) is 14.4. The van der Waals surface area contributed by atoms with Crippen LogP contribution in [0.3, 0.4) is 0 Å². The van der Waals surface area contributed by atoms with Crippen LogP contribution in [0, 0.1) is 5.41 Å². The molecule has 1 heterocycles. The summed E-state index contributed by atoms with van der Waals surface area (Å²) in [6.45, 7) is 12.2. The Morgan fingerprint density at radius 1 is 1.35 bits per heavy atom. The van der Waals surface area contributed by atoms with Crippen LogP contribution in [0.1, 0.15) is 53.0 Å². The molecule has 17 heavy (non-hydrogen) atoms. The lowest BCUT2D eigenvalue weighted by Crippen LogP contribution is -2.22. The van der Waals surface area contributed by atoms with Crippen LogP contribution >= 0.6 is 11.5 Å². The molecule has 0 amide bonds. The minimum atomic E-state index is -0.0408. The van der Waals surface area contributed by atoms with Gasteiger partial charge in [0.1, 0.15) is 6.10 Å². The number of rotatable bonds is 6. The summed E-state index contributed by atoms with van der Waals surface area (Å²) < 4.78 is 10.2. The van der Waals surface area contributed by atoms with Crippen molar-refractivity contribution in [1.82, 2.24) is 9.36 Å². The fourth-order valence-corrected chi connectivity index (χ4v) is 2.14. The number of aromatic nitrogens is 2. The largest absolute Gasteiger partial charge is 0.370 e. The molecule has 1 N–H and O–H groups in total. The lowest BCUT2D eigenvalue weighted by atomic mass is 9.88. The zero-order chi connectivity index (χ0) is 12.9. The zero-order valence-corrected chi connectivity index (χ0v) is 12.2. The van der Waals surface area contributed by atoms with Crippen LogP contribution in [0.2, 0.25) is 0 Å². The minimum Gasteiger partial charge on any atom is -0.370 e. The van der Waals surface area contributed by atoms with Gasteiger partial charge in [0.2, 0.25) is 5.13 Å². The Hall–Kier alpha value is -0.680. The van der Waals surface area contributed by atoms with Crippen LogP contribution in [0.5, 0.6) is 0 Å². The maximum atomic E-state index is 5.76. The molecule has 4 nitrogen and oxygen atoms in total. The predicted molar refractivity (Wildman–Crippen MR) is 72.5 cm³/mol. The summed E-state index contributed by atoms with van der Waals surface area (Å²) in [7, 11) is 0. The second-order valence-electron chi connectivity index (χ2n) is 5.09. The van der Waals surface area contributed by atoms with Crippen molar-refractivity contribution in [2.45, 2.75) is 47.1 Å². The third-order valence-corrected chi connectivity index (χ3v) is 3.01. The van der Waals surface area contributed by atoms with Crippen molar-refractivity contribution >= 4 is 16.7 Å². The van der Waals surface area contributed by atoms with Gasteiger partial charge in [-0.25, -0.2) is 4.98 Å². The van der Waals surface area contributed by atoms with Crippen LogP contribution in [-0.4, -0.2) is 22.5 Å². The summed E-state index contributed by atoms with van der Waals surface area (Å²) in [6.07, 6.45) is 1.05. The quantitative estimate of drug-likeness (QED) is 0.847. The predicted octanol–water partition coefficient (Wildman–Crippen LogP) is 3.48. The number of nitrogens with zero attached hydrogens (tertiary/aromatic N) is 2. The Morgan fingerprint density at radius 2 is 2.06 bits per heavy atom. The Balaban J connectivity index is 2.77. The highest BCUT2D eigenvalue weighted by Gasteiger charge is 2.30. The van der Waals surface area contributed by atoms with Crippen LogP contribution in [0.15, 0.2) is 0 Å². The van der Waals surface area contributed by atoms with E-state index in [0.717, 1.165) is 23.9 Å². The molecule has 1 unspecified atom stereocenters. The van der Waals surface area contributed by atoms with Crippen LogP contribution in [0.4, 0.5) is 5.13 Å². The SMILES string of the molecule is CCCNc1nc(C(OCC)C(C)(C)C)ns1. The first-order chi connectivity index (χ1) is 7.99. The highest BCUT2D eigenvalue weighted by Crippen LogP contribution is 2.35. The van der Waals surface area contributed by atoms with E-state index in [-0.39, 0.29) is 11.5 Å². The van der Waals surface area contributed by atoms with Crippen molar-refractivity contribution in [3.05, 3.63) is 5.82 Å².